The number of thiazole rings is 1. The fourth-order valence-electron chi connectivity index (χ4n) is 3.35. The van der Waals surface area contributed by atoms with E-state index in [4.69, 9.17) is 9.40 Å². The van der Waals surface area contributed by atoms with Crippen LogP contribution in [0.2, 0.25) is 0 Å². The lowest BCUT2D eigenvalue weighted by Gasteiger charge is -2.23. The summed E-state index contributed by atoms with van der Waals surface area (Å²) in [4.78, 5) is 11.6. The number of likely N-dealkylation sites (tertiary alicyclic amines) is 1. The zero-order chi connectivity index (χ0) is 16.5. The smallest absolute Gasteiger partial charge is 0.162 e. The highest BCUT2D eigenvalue weighted by atomic mass is 32.1. The van der Waals surface area contributed by atoms with Crippen LogP contribution in [-0.4, -0.2) is 37.2 Å². The highest BCUT2D eigenvalue weighted by Gasteiger charge is 2.26. The second kappa shape index (κ2) is 6.49. The van der Waals surface area contributed by atoms with Gasteiger partial charge >= 0.3 is 0 Å². The van der Waals surface area contributed by atoms with Crippen LogP contribution in [0.15, 0.2) is 28.2 Å². The lowest BCUT2D eigenvalue weighted by molar-refractivity contribution is 0.216. The minimum Gasteiger partial charge on any atom is -0.462 e. The van der Waals surface area contributed by atoms with Crippen molar-refractivity contribution in [3.63, 3.8) is 0 Å². The average molecular weight is 343 g/mol. The van der Waals surface area contributed by atoms with E-state index in [2.05, 4.69) is 20.4 Å². The number of nitrogens with zero attached hydrogens (tertiary/aromatic N) is 5. The maximum absolute atomic E-state index is 5.43. The Kier molecular flexibility index (Phi) is 4.20. The molecule has 1 saturated heterocycles. The van der Waals surface area contributed by atoms with Crippen molar-refractivity contribution in [3.8, 4) is 10.8 Å². The summed E-state index contributed by atoms with van der Waals surface area (Å²) in [6.07, 6.45) is 4.12. The number of hydrogen-bond acceptors (Lipinski definition) is 6. The Morgan fingerprint density at radius 3 is 3.00 bits per heavy atom. The molecule has 0 bridgehead atoms. The van der Waals surface area contributed by atoms with Gasteiger partial charge in [-0.1, -0.05) is 0 Å². The Labute approximate surface area is 145 Å². The molecule has 4 rings (SSSR count). The molecule has 1 unspecified atom stereocenters. The molecule has 24 heavy (non-hydrogen) atoms. The first-order valence-corrected chi connectivity index (χ1v) is 9.17. The molecule has 0 radical (unpaired) electrons. The molecule has 1 aliphatic heterocycles. The Bertz CT molecular complexity index is 807. The predicted molar refractivity (Wildman–Crippen MR) is 92.7 cm³/mol. The van der Waals surface area contributed by atoms with Crippen LogP contribution in [0.5, 0.6) is 0 Å². The summed E-state index contributed by atoms with van der Waals surface area (Å²) in [7, 11) is 0. The molecule has 1 aliphatic rings. The summed E-state index contributed by atoms with van der Waals surface area (Å²) in [6, 6.07) is 4.35. The monoisotopic (exact) mass is 343 g/mol. The lowest BCUT2D eigenvalue weighted by Crippen LogP contribution is -2.33. The zero-order valence-electron chi connectivity index (χ0n) is 14.0. The van der Waals surface area contributed by atoms with Gasteiger partial charge in [0.25, 0.3) is 0 Å². The maximum atomic E-state index is 5.43. The van der Waals surface area contributed by atoms with Gasteiger partial charge in [0.1, 0.15) is 11.6 Å². The van der Waals surface area contributed by atoms with Gasteiger partial charge in [-0.15, -0.1) is 11.3 Å². The van der Waals surface area contributed by atoms with E-state index in [-0.39, 0.29) is 0 Å². The Morgan fingerprint density at radius 1 is 1.33 bits per heavy atom. The molecule has 0 N–H and O–H groups in total. The molecule has 0 spiro atoms. The third kappa shape index (κ3) is 3.14. The second-order valence-electron chi connectivity index (χ2n) is 6.28. The lowest BCUT2D eigenvalue weighted by atomic mass is 10.2. The molecule has 4 heterocycles. The van der Waals surface area contributed by atoms with Crippen molar-refractivity contribution in [2.45, 2.75) is 45.8 Å². The van der Waals surface area contributed by atoms with Crippen LogP contribution < -0.4 is 0 Å². The molecular weight excluding hydrogens is 322 g/mol. The molecule has 1 atom stereocenters. The number of hydrogen-bond donors (Lipinski definition) is 0. The fraction of sp³-hybridized carbons (Fsp3) is 0.471. The van der Waals surface area contributed by atoms with Crippen molar-refractivity contribution < 1.29 is 4.42 Å². The number of aryl methyl sites for hydroxylation is 2. The van der Waals surface area contributed by atoms with E-state index in [9.17, 15) is 0 Å². The summed E-state index contributed by atoms with van der Waals surface area (Å²) < 4.78 is 7.47. The van der Waals surface area contributed by atoms with Crippen molar-refractivity contribution in [1.29, 1.82) is 0 Å². The van der Waals surface area contributed by atoms with E-state index in [1.807, 2.05) is 30.7 Å². The minimum atomic E-state index is 0.499. The van der Waals surface area contributed by atoms with Gasteiger partial charge in [-0.3, -0.25) is 4.90 Å². The van der Waals surface area contributed by atoms with E-state index in [0.29, 0.717) is 6.04 Å². The van der Waals surface area contributed by atoms with Gasteiger partial charge in [-0.2, -0.15) is 5.10 Å². The first-order chi connectivity index (χ1) is 11.7. The van der Waals surface area contributed by atoms with Crippen LogP contribution in [-0.2, 0) is 13.1 Å². The van der Waals surface area contributed by atoms with Crippen molar-refractivity contribution in [2.75, 3.05) is 6.54 Å². The van der Waals surface area contributed by atoms with E-state index in [1.54, 1.807) is 17.6 Å². The van der Waals surface area contributed by atoms with Crippen molar-refractivity contribution in [1.82, 2.24) is 24.6 Å². The van der Waals surface area contributed by atoms with E-state index < -0.39 is 0 Å². The predicted octanol–water partition coefficient (Wildman–Crippen LogP) is 3.28. The fourth-order valence-corrected chi connectivity index (χ4v) is 4.12. The van der Waals surface area contributed by atoms with Gasteiger partial charge in [0, 0.05) is 18.0 Å². The molecule has 126 valence electrons. The summed E-state index contributed by atoms with van der Waals surface area (Å²) in [5.74, 6) is 2.69. The topological polar surface area (TPSA) is 60.0 Å². The van der Waals surface area contributed by atoms with Crippen LogP contribution in [0.3, 0.4) is 0 Å². The molecule has 1 fully saturated rings. The Morgan fingerprint density at radius 2 is 2.25 bits per heavy atom. The van der Waals surface area contributed by atoms with Crippen molar-refractivity contribution in [3.05, 3.63) is 41.1 Å². The maximum Gasteiger partial charge on any atom is 0.162 e. The minimum absolute atomic E-state index is 0.499. The van der Waals surface area contributed by atoms with Crippen molar-refractivity contribution in [2.24, 2.45) is 0 Å². The van der Waals surface area contributed by atoms with Crippen LogP contribution >= 0.6 is 11.3 Å². The van der Waals surface area contributed by atoms with Crippen LogP contribution in [0.4, 0.5) is 0 Å². The molecule has 0 amide bonds. The standard InChI is InChI=1S/C17H21N5OS/c1-12-18-13(2)22(20-12)10-15-5-3-7-21(15)9-14-11-24-17(19-14)16-6-4-8-23-16/h4,6,8,11,15H,3,5,7,9-10H2,1-2H3. The van der Waals surface area contributed by atoms with Crippen molar-refractivity contribution >= 4 is 11.3 Å². The van der Waals surface area contributed by atoms with Gasteiger partial charge < -0.3 is 4.42 Å². The number of furan rings is 1. The quantitative estimate of drug-likeness (QED) is 0.711. The summed E-state index contributed by atoms with van der Waals surface area (Å²) >= 11 is 1.64. The van der Waals surface area contributed by atoms with Crippen LogP contribution in [0, 0.1) is 13.8 Å². The summed E-state index contributed by atoms with van der Waals surface area (Å²) in [6.45, 7) is 6.87. The third-order valence-corrected chi connectivity index (χ3v) is 5.40. The summed E-state index contributed by atoms with van der Waals surface area (Å²) in [5, 5.41) is 7.60. The van der Waals surface area contributed by atoms with Gasteiger partial charge in [0.2, 0.25) is 0 Å². The second-order valence-corrected chi connectivity index (χ2v) is 7.13. The molecule has 3 aromatic heterocycles. The van der Waals surface area contributed by atoms with E-state index >= 15 is 0 Å². The number of aromatic nitrogens is 4. The Hall–Kier alpha value is -1.99. The molecule has 0 aromatic carbocycles. The van der Waals surface area contributed by atoms with E-state index in [0.717, 1.165) is 47.7 Å². The highest BCUT2D eigenvalue weighted by Crippen LogP contribution is 2.27. The van der Waals surface area contributed by atoms with Gasteiger partial charge in [-0.25, -0.2) is 14.6 Å². The SMILES string of the molecule is Cc1nc(C)n(CC2CCCN2Cc2csc(-c3ccco3)n2)n1. The molecule has 7 heteroatoms. The first-order valence-electron chi connectivity index (χ1n) is 8.29. The molecule has 6 nitrogen and oxygen atoms in total. The third-order valence-electron chi connectivity index (χ3n) is 4.49. The molecule has 0 aliphatic carbocycles. The average Bonchev–Trinajstić information content (AvgIpc) is 3.30. The van der Waals surface area contributed by atoms with E-state index in [1.165, 1.54) is 12.8 Å². The van der Waals surface area contributed by atoms with Gasteiger partial charge in [-0.05, 0) is 45.4 Å². The zero-order valence-corrected chi connectivity index (χ0v) is 14.8. The largest absolute Gasteiger partial charge is 0.462 e. The van der Waals surface area contributed by atoms with Gasteiger partial charge in [0.05, 0.1) is 18.5 Å². The molecule has 0 saturated carbocycles. The first kappa shape index (κ1) is 15.5. The summed E-state index contributed by atoms with van der Waals surface area (Å²) in [5.41, 5.74) is 1.12. The van der Waals surface area contributed by atoms with Crippen LogP contribution in [0.25, 0.3) is 10.8 Å². The molecular formula is C17H21N5OS. The highest BCUT2D eigenvalue weighted by molar-refractivity contribution is 7.13. The number of rotatable bonds is 5. The van der Waals surface area contributed by atoms with Crippen LogP contribution in [0.1, 0.15) is 30.2 Å². The Balaban J connectivity index is 1.44. The molecule has 3 aromatic rings. The normalized spacial score (nSPS) is 18.5. The van der Waals surface area contributed by atoms with Gasteiger partial charge in [0.15, 0.2) is 10.8 Å².